The summed E-state index contributed by atoms with van der Waals surface area (Å²) in [5.74, 6) is -0.635. The first-order valence-corrected chi connectivity index (χ1v) is 11.8. The summed E-state index contributed by atoms with van der Waals surface area (Å²) in [6.45, 7) is 6.94. The van der Waals surface area contributed by atoms with Crippen molar-refractivity contribution in [1.82, 2.24) is 0 Å². The molecule has 1 atom stereocenters. The Morgan fingerprint density at radius 2 is 1.17 bits per heavy atom. The van der Waals surface area contributed by atoms with Crippen molar-refractivity contribution in [1.29, 1.82) is 0 Å². The molecule has 0 spiro atoms. The van der Waals surface area contributed by atoms with E-state index < -0.39 is 53.5 Å². The van der Waals surface area contributed by atoms with Crippen LogP contribution in [0, 0.1) is 27.7 Å². The van der Waals surface area contributed by atoms with Crippen LogP contribution in [0.25, 0.3) is 0 Å². The minimum Gasteiger partial charge on any atom is -0.288 e. The molecular formula is C26H20F6O3P+. The Kier molecular flexibility index (Phi) is 7.29. The molecule has 1 unspecified atom stereocenters. The molecule has 0 fully saturated rings. The summed E-state index contributed by atoms with van der Waals surface area (Å²) in [5.41, 5.74) is -4.47. The maximum absolute atomic E-state index is 13.6. The van der Waals surface area contributed by atoms with Crippen LogP contribution in [0.4, 0.5) is 26.3 Å². The van der Waals surface area contributed by atoms with Gasteiger partial charge < -0.3 is 0 Å². The number of hydrogen-bond acceptors (Lipinski definition) is 3. The quantitative estimate of drug-likeness (QED) is 0.197. The average Bonchev–Trinajstić information content (AvgIpc) is 2.80. The van der Waals surface area contributed by atoms with E-state index in [0.29, 0.717) is 29.3 Å². The summed E-state index contributed by atoms with van der Waals surface area (Å²) in [7, 11) is -3.53. The summed E-state index contributed by atoms with van der Waals surface area (Å²) < 4.78 is 94.7. The topological polar surface area (TPSA) is 51.2 Å². The van der Waals surface area contributed by atoms with E-state index in [1.807, 2.05) is 6.07 Å². The molecule has 0 aromatic heterocycles. The molecule has 3 rings (SSSR count). The number of carbonyl (C=O) groups excluding carboxylic acids is 2. The Labute approximate surface area is 203 Å². The molecule has 0 aliphatic carbocycles. The highest BCUT2D eigenvalue weighted by molar-refractivity contribution is 7.71. The molecule has 0 N–H and O–H groups in total. The predicted molar refractivity (Wildman–Crippen MR) is 123 cm³/mol. The van der Waals surface area contributed by atoms with Crippen LogP contribution in [0.3, 0.4) is 0 Å². The molecule has 0 saturated heterocycles. The number of carbonyl (C=O) groups is 2. The highest BCUT2D eigenvalue weighted by atomic mass is 31.1. The highest BCUT2D eigenvalue weighted by Crippen LogP contribution is 2.43. The molecule has 0 saturated carbocycles. The summed E-state index contributed by atoms with van der Waals surface area (Å²) in [4.78, 5) is 26.6. The third kappa shape index (κ3) is 4.98. The van der Waals surface area contributed by atoms with Gasteiger partial charge in [0.05, 0.1) is 22.3 Å². The maximum Gasteiger partial charge on any atom is 0.459 e. The third-order valence-corrected chi connectivity index (χ3v) is 7.45. The number of hydrogen-bond donors (Lipinski definition) is 0. The minimum absolute atomic E-state index is 0.235. The summed E-state index contributed by atoms with van der Waals surface area (Å²) in [6, 6.07) is 8.09. The summed E-state index contributed by atoms with van der Waals surface area (Å²) in [5, 5.41) is -0.439. The Bertz CT molecular complexity index is 1350. The zero-order valence-electron chi connectivity index (χ0n) is 19.6. The first-order chi connectivity index (χ1) is 16.6. The van der Waals surface area contributed by atoms with E-state index >= 15 is 0 Å². The van der Waals surface area contributed by atoms with Gasteiger partial charge in [0, 0.05) is 5.56 Å². The number of rotatable bonds is 5. The van der Waals surface area contributed by atoms with Gasteiger partial charge in [0.25, 0.3) is 0 Å². The second kappa shape index (κ2) is 9.62. The SMILES string of the molecule is Cc1cc(C)c(C)c(C(=O)c2ccccc2[P+](=O)C(=O)c2c(C(F)(F)F)cccc2C(F)(F)F)c1C. The fourth-order valence-corrected chi connectivity index (χ4v) is 5.28. The number of halogens is 6. The molecule has 3 aromatic rings. The molecule has 0 radical (unpaired) electrons. The van der Waals surface area contributed by atoms with Gasteiger partial charge in [-0.25, -0.2) is 4.79 Å². The largest absolute Gasteiger partial charge is 0.459 e. The average molecular weight is 525 g/mol. The van der Waals surface area contributed by atoms with Crippen molar-refractivity contribution in [2.24, 2.45) is 0 Å². The molecule has 3 nitrogen and oxygen atoms in total. The van der Waals surface area contributed by atoms with Crippen LogP contribution in [-0.4, -0.2) is 11.3 Å². The summed E-state index contributed by atoms with van der Waals surface area (Å²) in [6.07, 6.45) is -10.6. The van der Waals surface area contributed by atoms with E-state index in [4.69, 9.17) is 0 Å². The van der Waals surface area contributed by atoms with Gasteiger partial charge >= 0.3 is 25.7 Å². The van der Waals surface area contributed by atoms with Gasteiger partial charge in [0.15, 0.2) is 5.78 Å². The Morgan fingerprint density at radius 1 is 0.694 bits per heavy atom. The van der Waals surface area contributed by atoms with Gasteiger partial charge in [-0.15, -0.1) is 0 Å². The highest BCUT2D eigenvalue weighted by Gasteiger charge is 2.49. The number of ketones is 1. The van der Waals surface area contributed by atoms with Crippen molar-refractivity contribution >= 4 is 24.4 Å². The van der Waals surface area contributed by atoms with Crippen LogP contribution < -0.4 is 5.30 Å². The van der Waals surface area contributed by atoms with Crippen LogP contribution >= 0.6 is 7.80 Å². The zero-order valence-corrected chi connectivity index (χ0v) is 20.5. The number of benzene rings is 3. The van der Waals surface area contributed by atoms with Crippen molar-refractivity contribution in [3.8, 4) is 0 Å². The molecule has 3 aromatic carbocycles. The number of aryl methyl sites for hydroxylation is 2. The van der Waals surface area contributed by atoms with Crippen LogP contribution in [0.2, 0.25) is 0 Å². The van der Waals surface area contributed by atoms with E-state index in [1.54, 1.807) is 27.7 Å². The van der Waals surface area contributed by atoms with Gasteiger partial charge in [0.2, 0.25) is 5.30 Å². The van der Waals surface area contributed by atoms with Crippen molar-refractivity contribution in [3.05, 3.63) is 98.6 Å². The molecule has 0 bridgehead atoms. The van der Waals surface area contributed by atoms with Gasteiger partial charge in [-0.05, 0) is 74.2 Å². The van der Waals surface area contributed by atoms with Crippen LogP contribution in [-0.2, 0) is 16.9 Å². The lowest BCUT2D eigenvalue weighted by Gasteiger charge is -2.15. The van der Waals surface area contributed by atoms with Gasteiger partial charge in [-0.3, -0.25) is 4.79 Å². The molecule has 0 aliphatic heterocycles. The van der Waals surface area contributed by atoms with Gasteiger partial charge in [-0.1, -0.05) is 28.8 Å². The van der Waals surface area contributed by atoms with Gasteiger partial charge in [0.1, 0.15) is 0 Å². The molecule has 36 heavy (non-hydrogen) atoms. The lowest BCUT2D eigenvalue weighted by Crippen LogP contribution is -2.22. The second-order valence-corrected chi connectivity index (χ2v) is 9.78. The summed E-state index contributed by atoms with van der Waals surface area (Å²) >= 11 is 0. The van der Waals surface area contributed by atoms with Crippen molar-refractivity contribution in [3.63, 3.8) is 0 Å². The van der Waals surface area contributed by atoms with Crippen molar-refractivity contribution in [2.75, 3.05) is 0 Å². The van der Waals surface area contributed by atoms with E-state index in [-0.39, 0.29) is 11.1 Å². The monoisotopic (exact) mass is 525 g/mol. The molecule has 0 amide bonds. The van der Waals surface area contributed by atoms with E-state index in [2.05, 4.69) is 0 Å². The second-order valence-electron chi connectivity index (χ2n) is 8.30. The zero-order chi connectivity index (χ0) is 27.2. The Balaban J connectivity index is 2.22. The van der Waals surface area contributed by atoms with E-state index in [0.717, 1.165) is 17.2 Å². The van der Waals surface area contributed by atoms with Crippen LogP contribution in [0.1, 0.15) is 59.7 Å². The molecular weight excluding hydrogens is 505 g/mol. The minimum atomic E-state index is -5.31. The fourth-order valence-electron chi connectivity index (χ4n) is 4.00. The molecule has 10 heteroatoms. The lowest BCUT2D eigenvalue weighted by atomic mass is 9.89. The molecule has 0 heterocycles. The Morgan fingerprint density at radius 3 is 1.64 bits per heavy atom. The van der Waals surface area contributed by atoms with Gasteiger partial charge in [-0.2, -0.15) is 26.3 Å². The van der Waals surface area contributed by atoms with Crippen molar-refractivity contribution in [2.45, 2.75) is 40.0 Å². The number of alkyl halides is 6. The van der Waals surface area contributed by atoms with Crippen LogP contribution in [0.5, 0.6) is 0 Å². The standard InChI is InChI=1S/C26H20F6O3P/c1-13-12-14(2)16(4)21(15(13)3)23(33)17-8-5-6-11-20(17)36(35)24(34)22-18(25(27,28)29)9-7-10-19(22)26(30,31)32/h5-12H,1-4H3/q+1. The van der Waals surface area contributed by atoms with Crippen LogP contribution in [0.15, 0.2) is 48.5 Å². The van der Waals surface area contributed by atoms with E-state index in [1.165, 1.54) is 18.2 Å². The third-order valence-electron chi connectivity index (χ3n) is 6.03. The maximum atomic E-state index is 13.6. The van der Waals surface area contributed by atoms with E-state index in [9.17, 15) is 40.5 Å². The Hall–Kier alpha value is -3.32. The smallest absolute Gasteiger partial charge is 0.288 e. The first-order valence-electron chi connectivity index (χ1n) is 10.6. The fraction of sp³-hybridized carbons (Fsp3) is 0.231. The van der Waals surface area contributed by atoms with Crippen molar-refractivity contribution < 1.29 is 40.5 Å². The normalized spacial score (nSPS) is 12.4. The molecule has 0 aliphatic rings. The first kappa shape index (κ1) is 27.3. The lowest BCUT2D eigenvalue weighted by molar-refractivity contribution is -0.143. The predicted octanol–water partition coefficient (Wildman–Crippen LogP) is 7.48. The molecule has 188 valence electrons.